The minimum absolute atomic E-state index is 0.140. The summed E-state index contributed by atoms with van der Waals surface area (Å²) in [5, 5.41) is 14.7. The minimum atomic E-state index is -0.140. The van der Waals surface area contributed by atoms with Crippen LogP contribution in [0.3, 0.4) is 0 Å². The number of rotatable bonds is 5. The summed E-state index contributed by atoms with van der Waals surface area (Å²) >= 11 is 7.28. The largest absolute Gasteiger partial charge is 0.315 e. The zero-order chi connectivity index (χ0) is 15.2. The van der Waals surface area contributed by atoms with Crippen molar-refractivity contribution >= 4 is 33.8 Å². The first-order valence-electron chi connectivity index (χ1n) is 6.29. The number of nitrogens with zero attached hydrogens (tertiary/aromatic N) is 2. The molecule has 2 rings (SSSR count). The third kappa shape index (κ3) is 4.57. The molecule has 6 heteroatoms. The molecule has 0 unspecified atom stereocenters. The van der Waals surface area contributed by atoms with Gasteiger partial charge in [-0.25, -0.2) is 0 Å². The molecule has 21 heavy (non-hydrogen) atoms. The summed E-state index contributed by atoms with van der Waals surface area (Å²) in [6.45, 7) is 0.874. The van der Waals surface area contributed by atoms with E-state index in [9.17, 15) is 4.79 Å². The van der Waals surface area contributed by atoms with Gasteiger partial charge in [0.05, 0.1) is 12.1 Å². The molecule has 0 spiro atoms. The van der Waals surface area contributed by atoms with Gasteiger partial charge in [-0.05, 0) is 36.2 Å². The van der Waals surface area contributed by atoms with Crippen molar-refractivity contribution in [3.8, 4) is 6.07 Å². The van der Waals surface area contributed by atoms with Crippen LogP contribution in [0.5, 0.6) is 0 Å². The average molecular weight is 320 g/mol. The standard InChI is InChI=1S/C15H14ClN3OS/c1-19(9-11-3-2-4-13(16)7-11)10-14(20)18-15-12(8-17)5-6-21-15/h2-7H,9-10H2,1H3,(H,18,20). The molecular formula is C15H14ClN3OS. The van der Waals surface area contributed by atoms with Crippen LogP contribution in [0.25, 0.3) is 0 Å². The first kappa shape index (κ1) is 15.5. The predicted octanol–water partition coefficient (Wildman–Crippen LogP) is 3.34. The highest BCUT2D eigenvalue weighted by Crippen LogP contribution is 2.22. The monoisotopic (exact) mass is 319 g/mol. The molecule has 0 bridgehead atoms. The molecule has 108 valence electrons. The van der Waals surface area contributed by atoms with Crippen molar-refractivity contribution in [3.63, 3.8) is 0 Å². The van der Waals surface area contributed by atoms with E-state index in [-0.39, 0.29) is 12.5 Å². The number of hydrogen-bond acceptors (Lipinski definition) is 4. The Hall–Kier alpha value is -1.87. The Balaban J connectivity index is 1.89. The number of carbonyl (C=O) groups is 1. The molecule has 0 saturated heterocycles. The lowest BCUT2D eigenvalue weighted by atomic mass is 10.2. The third-order valence-electron chi connectivity index (χ3n) is 2.79. The summed E-state index contributed by atoms with van der Waals surface area (Å²) in [5.41, 5.74) is 1.54. The van der Waals surface area contributed by atoms with E-state index in [0.29, 0.717) is 22.1 Å². The molecule has 0 fully saturated rings. The molecule has 4 nitrogen and oxygen atoms in total. The van der Waals surface area contributed by atoms with Gasteiger partial charge >= 0.3 is 0 Å². The molecule has 1 aromatic carbocycles. The highest BCUT2D eigenvalue weighted by Gasteiger charge is 2.11. The Labute approximate surface area is 132 Å². The fourth-order valence-corrected chi connectivity index (χ4v) is 2.87. The number of halogens is 1. The first-order chi connectivity index (χ1) is 10.1. The Kier molecular flexibility index (Phi) is 5.34. The fraction of sp³-hybridized carbons (Fsp3) is 0.200. The van der Waals surface area contributed by atoms with Gasteiger partial charge in [-0.3, -0.25) is 9.69 Å². The summed E-state index contributed by atoms with van der Waals surface area (Å²) in [6.07, 6.45) is 0. The van der Waals surface area contributed by atoms with Crippen molar-refractivity contribution in [3.05, 3.63) is 51.9 Å². The van der Waals surface area contributed by atoms with E-state index in [1.165, 1.54) is 11.3 Å². The molecular weight excluding hydrogens is 306 g/mol. The molecule has 0 radical (unpaired) electrons. The SMILES string of the molecule is CN(CC(=O)Nc1sccc1C#N)Cc1cccc(Cl)c1. The molecule has 0 aliphatic rings. The maximum atomic E-state index is 12.0. The van der Waals surface area contributed by atoms with Crippen LogP contribution in [0, 0.1) is 11.3 Å². The number of nitrogens with one attached hydrogen (secondary N) is 1. The summed E-state index contributed by atoms with van der Waals surface area (Å²) in [5.74, 6) is -0.140. The smallest absolute Gasteiger partial charge is 0.239 e. The van der Waals surface area contributed by atoms with E-state index in [4.69, 9.17) is 16.9 Å². The molecule has 0 atom stereocenters. The van der Waals surface area contributed by atoms with Gasteiger partial charge < -0.3 is 5.32 Å². The molecule has 0 aliphatic carbocycles. The molecule has 2 aromatic rings. The van der Waals surface area contributed by atoms with Gasteiger partial charge in [0.15, 0.2) is 0 Å². The number of benzene rings is 1. The number of anilines is 1. The number of amides is 1. The van der Waals surface area contributed by atoms with E-state index in [0.717, 1.165) is 5.56 Å². The van der Waals surface area contributed by atoms with Gasteiger partial charge in [0.2, 0.25) is 5.91 Å². The van der Waals surface area contributed by atoms with Crippen molar-refractivity contribution < 1.29 is 4.79 Å². The van der Waals surface area contributed by atoms with E-state index in [1.807, 2.05) is 42.3 Å². The Morgan fingerprint density at radius 3 is 3.00 bits per heavy atom. The number of hydrogen-bond donors (Lipinski definition) is 1. The Morgan fingerprint density at radius 2 is 2.29 bits per heavy atom. The highest BCUT2D eigenvalue weighted by atomic mass is 35.5. The first-order valence-corrected chi connectivity index (χ1v) is 7.54. The highest BCUT2D eigenvalue weighted by molar-refractivity contribution is 7.14. The van der Waals surface area contributed by atoms with Gasteiger partial charge in [0, 0.05) is 11.6 Å². The van der Waals surface area contributed by atoms with E-state index < -0.39 is 0 Å². The van der Waals surface area contributed by atoms with Gasteiger partial charge in [-0.15, -0.1) is 11.3 Å². The second kappa shape index (κ2) is 7.23. The lowest BCUT2D eigenvalue weighted by molar-refractivity contribution is -0.117. The number of carbonyl (C=O) groups excluding carboxylic acids is 1. The van der Waals surface area contributed by atoms with Gasteiger partial charge in [-0.2, -0.15) is 5.26 Å². The van der Waals surface area contributed by atoms with E-state index in [1.54, 1.807) is 11.4 Å². The molecule has 1 heterocycles. The number of likely N-dealkylation sites (N-methyl/N-ethyl adjacent to an activating group) is 1. The number of thiophene rings is 1. The molecule has 0 saturated carbocycles. The predicted molar refractivity (Wildman–Crippen MR) is 85.4 cm³/mol. The van der Waals surface area contributed by atoms with E-state index >= 15 is 0 Å². The van der Waals surface area contributed by atoms with E-state index in [2.05, 4.69) is 5.32 Å². The topological polar surface area (TPSA) is 56.1 Å². The summed E-state index contributed by atoms with van der Waals surface area (Å²) < 4.78 is 0. The fourth-order valence-electron chi connectivity index (χ4n) is 1.91. The van der Waals surface area contributed by atoms with Crippen LogP contribution in [0.4, 0.5) is 5.00 Å². The molecule has 1 N–H and O–H groups in total. The molecule has 1 amide bonds. The Bertz CT molecular complexity index is 678. The zero-order valence-corrected chi connectivity index (χ0v) is 13.0. The van der Waals surface area contributed by atoms with Crippen LogP contribution < -0.4 is 5.32 Å². The molecule has 1 aromatic heterocycles. The normalized spacial score (nSPS) is 10.4. The van der Waals surface area contributed by atoms with Gasteiger partial charge in [0.1, 0.15) is 11.1 Å². The van der Waals surface area contributed by atoms with Crippen LogP contribution in [-0.2, 0) is 11.3 Å². The summed E-state index contributed by atoms with van der Waals surface area (Å²) in [7, 11) is 1.86. The maximum Gasteiger partial charge on any atom is 0.239 e. The lowest BCUT2D eigenvalue weighted by Crippen LogP contribution is -2.29. The van der Waals surface area contributed by atoms with Gasteiger partial charge in [-0.1, -0.05) is 23.7 Å². The summed E-state index contributed by atoms with van der Waals surface area (Å²) in [6, 6.07) is 11.3. The zero-order valence-electron chi connectivity index (χ0n) is 11.5. The Morgan fingerprint density at radius 1 is 1.48 bits per heavy atom. The van der Waals surface area contributed by atoms with Crippen molar-refractivity contribution in [1.82, 2.24) is 4.90 Å². The van der Waals surface area contributed by atoms with Crippen molar-refractivity contribution in [2.75, 3.05) is 18.9 Å². The maximum absolute atomic E-state index is 12.0. The minimum Gasteiger partial charge on any atom is -0.315 e. The van der Waals surface area contributed by atoms with Crippen molar-refractivity contribution in [1.29, 1.82) is 5.26 Å². The lowest BCUT2D eigenvalue weighted by Gasteiger charge is -2.16. The quantitative estimate of drug-likeness (QED) is 0.919. The van der Waals surface area contributed by atoms with Crippen LogP contribution in [0.15, 0.2) is 35.7 Å². The van der Waals surface area contributed by atoms with Crippen LogP contribution in [0.1, 0.15) is 11.1 Å². The second-order valence-electron chi connectivity index (χ2n) is 4.63. The summed E-state index contributed by atoms with van der Waals surface area (Å²) in [4.78, 5) is 13.9. The van der Waals surface area contributed by atoms with Crippen molar-refractivity contribution in [2.24, 2.45) is 0 Å². The van der Waals surface area contributed by atoms with Gasteiger partial charge in [0.25, 0.3) is 0 Å². The third-order valence-corrected chi connectivity index (χ3v) is 3.86. The van der Waals surface area contributed by atoms with Crippen LogP contribution in [0.2, 0.25) is 5.02 Å². The van der Waals surface area contributed by atoms with Crippen molar-refractivity contribution in [2.45, 2.75) is 6.54 Å². The second-order valence-corrected chi connectivity index (χ2v) is 5.98. The average Bonchev–Trinajstić information content (AvgIpc) is 2.85. The molecule has 0 aliphatic heterocycles. The number of nitriles is 1. The van der Waals surface area contributed by atoms with Crippen LogP contribution >= 0.6 is 22.9 Å². The van der Waals surface area contributed by atoms with Crippen LogP contribution in [-0.4, -0.2) is 24.4 Å².